The van der Waals surface area contributed by atoms with Crippen LogP contribution in [0.5, 0.6) is 0 Å². The Labute approximate surface area is 114 Å². The summed E-state index contributed by atoms with van der Waals surface area (Å²) < 4.78 is 0. The van der Waals surface area contributed by atoms with Crippen LogP contribution in [0.25, 0.3) is 0 Å². The van der Waals surface area contributed by atoms with Crippen LogP contribution in [0.4, 0.5) is 5.69 Å². The Kier molecular flexibility index (Phi) is 3.40. The Hall–Kier alpha value is -1.58. The van der Waals surface area contributed by atoms with E-state index in [9.17, 15) is 4.79 Å². The molecule has 0 spiro atoms. The number of aromatic nitrogens is 1. The Bertz CT molecular complexity index is 453. The average molecular weight is 259 g/mol. The second-order valence-corrected chi connectivity index (χ2v) is 5.85. The normalized spacial score (nSPS) is 23.2. The van der Waals surface area contributed by atoms with Crippen LogP contribution in [0.2, 0.25) is 0 Å². The molecule has 1 N–H and O–H groups in total. The summed E-state index contributed by atoms with van der Waals surface area (Å²) in [4.78, 5) is 18.6. The second-order valence-electron chi connectivity index (χ2n) is 5.85. The minimum absolute atomic E-state index is 0.0736. The van der Waals surface area contributed by atoms with Crippen molar-refractivity contribution < 1.29 is 4.79 Å². The fraction of sp³-hybridized carbons (Fsp3) is 0.600. The average Bonchev–Trinajstić information content (AvgIpc) is 3.23. The molecule has 3 rings (SSSR count). The summed E-state index contributed by atoms with van der Waals surface area (Å²) in [5.41, 5.74) is 1.58. The van der Waals surface area contributed by atoms with E-state index in [1.165, 1.54) is 19.3 Å². The highest BCUT2D eigenvalue weighted by Crippen LogP contribution is 2.24. The third-order valence-corrected chi connectivity index (χ3v) is 3.87. The van der Waals surface area contributed by atoms with Crippen molar-refractivity contribution in [2.75, 3.05) is 18.4 Å². The second kappa shape index (κ2) is 5.19. The predicted molar refractivity (Wildman–Crippen MR) is 75.2 cm³/mol. The minimum Gasteiger partial charge on any atom is -0.381 e. The molecule has 19 heavy (non-hydrogen) atoms. The van der Waals surface area contributed by atoms with Gasteiger partial charge in [-0.05, 0) is 43.7 Å². The monoisotopic (exact) mass is 259 g/mol. The van der Waals surface area contributed by atoms with E-state index in [-0.39, 0.29) is 5.91 Å². The van der Waals surface area contributed by atoms with Gasteiger partial charge < -0.3 is 10.2 Å². The lowest BCUT2D eigenvalue weighted by molar-refractivity contribution is 0.0677. The van der Waals surface area contributed by atoms with Crippen LogP contribution in [0.15, 0.2) is 18.3 Å². The molecule has 1 aliphatic carbocycles. The number of anilines is 1. The molecule has 1 atom stereocenters. The quantitative estimate of drug-likeness (QED) is 0.907. The smallest absolute Gasteiger partial charge is 0.272 e. The van der Waals surface area contributed by atoms with E-state index in [2.05, 4.69) is 17.2 Å². The lowest BCUT2D eigenvalue weighted by Gasteiger charge is -2.30. The zero-order valence-electron chi connectivity index (χ0n) is 11.4. The topological polar surface area (TPSA) is 45.2 Å². The molecule has 4 nitrogen and oxygen atoms in total. The zero-order chi connectivity index (χ0) is 13.2. The largest absolute Gasteiger partial charge is 0.381 e. The van der Waals surface area contributed by atoms with Gasteiger partial charge in [0.15, 0.2) is 0 Å². The molecule has 2 heterocycles. The van der Waals surface area contributed by atoms with Gasteiger partial charge in [-0.25, -0.2) is 4.98 Å². The van der Waals surface area contributed by atoms with Gasteiger partial charge in [0.2, 0.25) is 0 Å². The van der Waals surface area contributed by atoms with Gasteiger partial charge in [0.1, 0.15) is 5.69 Å². The summed E-state index contributed by atoms with van der Waals surface area (Å²) in [6.45, 7) is 3.94. The van der Waals surface area contributed by atoms with Gasteiger partial charge in [-0.1, -0.05) is 6.92 Å². The first-order chi connectivity index (χ1) is 9.22. The molecule has 1 aromatic rings. The first kappa shape index (κ1) is 12.5. The van der Waals surface area contributed by atoms with E-state index in [4.69, 9.17) is 0 Å². The van der Waals surface area contributed by atoms with Crippen LogP contribution in [0, 0.1) is 5.92 Å². The zero-order valence-corrected chi connectivity index (χ0v) is 11.4. The summed E-state index contributed by atoms with van der Waals surface area (Å²) in [5, 5.41) is 3.38. The highest BCUT2D eigenvalue weighted by molar-refractivity contribution is 5.92. The van der Waals surface area contributed by atoms with Crippen molar-refractivity contribution in [1.82, 2.24) is 9.88 Å². The van der Waals surface area contributed by atoms with E-state index in [1.807, 2.05) is 17.0 Å². The van der Waals surface area contributed by atoms with Crippen LogP contribution in [-0.2, 0) is 0 Å². The predicted octanol–water partition coefficient (Wildman–Crippen LogP) is 2.53. The number of likely N-dealkylation sites (tertiary alicyclic amines) is 1. The first-order valence-electron chi connectivity index (χ1n) is 7.24. The lowest BCUT2D eigenvalue weighted by atomic mass is 10.00. The number of rotatable bonds is 3. The van der Waals surface area contributed by atoms with Gasteiger partial charge in [-0.2, -0.15) is 0 Å². The molecular weight excluding hydrogens is 238 g/mol. The number of carbonyl (C=O) groups excluding carboxylic acids is 1. The lowest BCUT2D eigenvalue weighted by Crippen LogP contribution is -2.39. The number of nitrogens with zero attached hydrogens (tertiary/aromatic N) is 2. The van der Waals surface area contributed by atoms with Crippen molar-refractivity contribution >= 4 is 11.6 Å². The molecule has 0 aromatic carbocycles. The molecule has 2 aliphatic rings. The Balaban J connectivity index is 1.65. The summed E-state index contributed by atoms with van der Waals surface area (Å²) in [6, 6.07) is 4.42. The third-order valence-electron chi connectivity index (χ3n) is 3.87. The molecule has 1 unspecified atom stereocenters. The van der Waals surface area contributed by atoms with Crippen molar-refractivity contribution in [2.24, 2.45) is 5.92 Å². The Morgan fingerprint density at radius 3 is 2.84 bits per heavy atom. The van der Waals surface area contributed by atoms with Crippen molar-refractivity contribution in [2.45, 2.75) is 38.6 Å². The van der Waals surface area contributed by atoms with E-state index in [1.54, 1.807) is 6.20 Å². The van der Waals surface area contributed by atoms with Crippen LogP contribution in [-0.4, -0.2) is 34.9 Å². The van der Waals surface area contributed by atoms with Crippen molar-refractivity contribution in [3.05, 3.63) is 24.0 Å². The molecule has 0 radical (unpaired) electrons. The Morgan fingerprint density at radius 2 is 2.21 bits per heavy atom. The molecule has 0 bridgehead atoms. The number of carbonyl (C=O) groups is 1. The fourth-order valence-electron chi connectivity index (χ4n) is 2.60. The molecule has 102 valence electrons. The van der Waals surface area contributed by atoms with Crippen molar-refractivity contribution in [3.8, 4) is 0 Å². The van der Waals surface area contributed by atoms with E-state index in [0.29, 0.717) is 17.7 Å². The molecule has 1 saturated heterocycles. The van der Waals surface area contributed by atoms with Crippen molar-refractivity contribution in [3.63, 3.8) is 0 Å². The maximum Gasteiger partial charge on any atom is 0.272 e. The highest BCUT2D eigenvalue weighted by Gasteiger charge is 2.23. The highest BCUT2D eigenvalue weighted by atomic mass is 16.2. The molecule has 1 aromatic heterocycles. The number of amides is 1. The van der Waals surface area contributed by atoms with E-state index >= 15 is 0 Å². The van der Waals surface area contributed by atoms with Crippen LogP contribution in [0.3, 0.4) is 0 Å². The Morgan fingerprint density at radius 1 is 1.37 bits per heavy atom. The van der Waals surface area contributed by atoms with Crippen LogP contribution in [0.1, 0.15) is 43.1 Å². The van der Waals surface area contributed by atoms with Gasteiger partial charge in [0, 0.05) is 19.1 Å². The molecule has 1 amide bonds. The van der Waals surface area contributed by atoms with Gasteiger partial charge in [-0.3, -0.25) is 4.79 Å². The van der Waals surface area contributed by atoms with Crippen LogP contribution < -0.4 is 5.32 Å². The maximum absolute atomic E-state index is 12.3. The summed E-state index contributed by atoms with van der Waals surface area (Å²) in [6.07, 6.45) is 6.59. The van der Waals surface area contributed by atoms with E-state index in [0.717, 1.165) is 25.2 Å². The molecule has 1 aliphatic heterocycles. The standard InChI is InChI=1S/C15H21N3O/c1-11-3-2-8-18(10-11)15(19)14-7-6-13(9-16-14)17-12-4-5-12/h6-7,9,11-12,17H,2-5,8,10H2,1H3. The van der Waals surface area contributed by atoms with Gasteiger partial charge in [0.25, 0.3) is 5.91 Å². The van der Waals surface area contributed by atoms with E-state index < -0.39 is 0 Å². The van der Waals surface area contributed by atoms with Crippen LogP contribution >= 0.6 is 0 Å². The number of hydrogen-bond acceptors (Lipinski definition) is 3. The summed E-state index contributed by atoms with van der Waals surface area (Å²) in [7, 11) is 0. The SMILES string of the molecule is CC1CCCN(C(=O)c2ccc(NC3CC3)cn2)C1. The van der Waals surface area contributed by atoms with Gasteiger partial charge >= 0.3 is 0 Å². The first-order valence-corrected chi connectivity index (χ1v) is 7.24. The molecule has 1 saturated carbocycles. The third kappa shape index (κ3) is 3.06. The van der Waals surface area contributed by atoms with Gasteiger partial charge in [0.05, 0.1) is 11.9 Å². The molecule has 2 fully saturated rings. The van der Waals surface area contributed by atoms with Crippen molar-refractivity contribution in [1.29, 1.82) is 0 Å². The fourth-order valence-corrected chi connectivity index (χ4v) is 2.60. The number of nitrogens with one attached hydrogen (secondary N) is 1. The molecule has 4 heteroatoms. The minimum atomic E-state index is 0.0736. The molecular formula is C15H21N3O. The van der Waals surface area contributed by atoms with Gasteiger partial charge in [-0.15, -0.1) is 0 Å². The summed E-state index contributed by atoms with van der Waals surface area (Å²) >= 11 is 0. The maximum atomic E-state index is 12.3. The summed E-state index contributed by atoms with van der Waals surface area (Å²) in [5.74, 6) is 0.679. The number of hydrogen-bond donors (Lipinski definition) is 1. The number of pyridine rings is 1. The number of piperidine rings is 1.